The molecule has 1 atom stereocenters. The van der Waals surface area contributed by atoms with Crippen LogP contribution in [-0.2, 0) is 9.53 Å². The summed E-state index contributed by atoms with van der Waals surface area (Å²) < 4.78 is 4.78. The monoisotopic (exact) mass is 284 g/mol. The summed E-state index contributed by atoms with van der Waals surface area (Å²) in [4.78, 5) is 12.4. The van der Waals surface area contributed by atoms with E-state index < -0.39 is 0 Å². The summed E-state index contributed by atoms with van der Waals surface area (Å²) in [5, 5.41) is 0. The molecule has 0 radical (unpaired) electrons. The molecule has 2 aromatic rings. The molecule has 20 heavy (non-hydrogen) atoms. The molecule has 0 aliphatic rings. The van der Waals surface area contributed by atoms with Crippen molar-refractivity contribution in [1.29, 1.82) is 0 Å². The van der Waals surface area contributed by atoms with E-state index in [9.17, 15) is 4.79 Å². The van der Waals surface area contributed by atoms with Gasteiger partial charge in [-0.05, 0) is 29.7 Å². The van der Waals surface area contributed by atoms with E-state index in [0.717, 1.165) is 21.6 Å². The van der Waals surface area contributed by atoms with E-state index >= 15 is 0 Å². The van der Waals surface area contributed by atoms with Gasteiger partial charge in [-0.2, -0.15) is 0 Å². The smallest absolute Gasteiger partial charge is 0.312 e. The Bertz CT molecular complexity index is 620. The highest BCUT2D eigenvalue weighted by molar-refractivity contribution is 7.81. The quantitative estimate of drug-likeness (QED) is 0.486. The second kappa shape index (κ2) is 6.44. The molecule has 3 heteroatoms. The number of hydrogen-bond donors (Lipinski definition) is 0. The minimum Gasteiger partial charge on any atom is -0.469 e. The third-order valence-electron chi connectivity index (χ3n) is 3.24. The number of carbonyl (C=O) groups excluding carboxylic acids is 1. The van der Waals surface area contributed by atoms with Crippen LogP contribution in [0.5, 0.6) is 0 Å². The van der Waals surface area contributed by atoms with E-state index in [1.807, 2.05) is 61.5 Å². The van der Waals surface area contributed by atoms with Crippen LogP contribution < -0.4 is 0 Å². The lowest BCUT2D eigenvalue weighted by atomic mass is 9.96. The van der Waals surface area contributed by atoms with Crippen molar-refractivity contribution in [3.05, 3.63) is 71.3 Å². The Balaban J connectivity index is 2.31. The Morgan fingerprint density at radius 3 is 2.35 bits per heavy atom. The molecule has 0 spiro atoms. The Morgan fingerprint density at radius 2 is 1.70 bits per heavy atom. The number of rotatable bonds is 4. The highest BCUT2D eigenvalue weighted by Crippen LogP contribution is 2.20. The molecular weight excluding hydrogens is 268 g/mol. The maximum absolute atomic E-state index is 11.6. The van der Waals surface area contributed by atoms with Crippen molar-refractivity contribution in [3.8, 4) is 0 Å². The van der Waals surface area contributed by atoms with Gasteiger partial charge in [0.1, 0.15) is 0 Å². The normalized spacial score (nSPS) is 11.7. The van der Waals surface area contributed by atoms with Crippen molar-refractivity contribution >= 4 is 23.1 Å². The van der Waals surface area contributed by atoms with E-state index in [2.05, 4.69) is 0 Å². The average molecular weight is 284 g/mol. The summed E-state index contributed by atoms with van der Waals surface area (Å²) in [6.45, 7) is 1.83. The average Bonchev–Trinajstić information content (AvgIpc) is 2.53. The molecule has 0 fully saturated rings. The van der Waals surface area contributed by atoms with E-state index in [1.165, 1.54) is 7.11 Å². The van der Waals surface area contributed by atoms with Crippen LogP contribution >= 0.6 is 12.2 Å². The van der Waals surface area contributed by atoms with Gasteiger partial charge in [-0.3, -0.25) is 4.79 Å². The summed E-state index contributed by atoms with van der Waals surface area (Å²) in [5.41, 5.74) is 2.86. The van der Waals surface area contributed by atoms with Crippen molar-refractivity contribution in [3.63, 3.8) is 0 Å². The summed E-state index contributed by atoms with van der Waals surface area (Å²) in [7, 11) is 1.40. The minimum atomic E-state index is -0.293. The van der Waals surface area contributed by atoms with E-state index in [4.69, 9.17) is 17.0 Å². The van der Waals surface area contributed by atoms with Gasteiger partial charge in [0.15, 0.2) is 0 Å². The zero-order chi connectivity index (χ0) is 14.5. The zero-order valence-corrected chi connectivity index (χ0v) is 12.3. The lowest BCUT2D eigenvalue weighted by Gasteiger charge is -2.11. The SMILES string of the molecule is COC(=O)C(C)c1cccc(C(=S)c2ccccc2)c1. The maximum Gasteiger partial charge on any atom is 0.312 e. The minimum absolute atomic E-state index is 0.243. The first-order valence-electron chi connectivity index (χ1n) is 6.41. The Morgan fingerprint density at radius 1 is 1.05 bits per heavy atom. The van der Waals surface area contributed by atoms with Gasteiger partial charge in [0.2, 0.25) is 0 Å². The number of methoxy groups -OCH3 is 1. The van der Waals surface area contributed by atoms with Crippen molar-refractivity contribution in [1.82, 2.24) is 0 Å². The first-order chi connectivity index (χ1) is 9.63. The van der Waals surface area contributed by atoms with Crippen LogP contribution in [0.2, 0.25) is 0 Å². The van der Waals surface area contributed by atoms with Gasteiger partial charge in [0, 0.05) is 0 Å². The molecule has 0 aromatic heterocycles. The van der Waals surface area contributed by atoms with Crippen molar-refractivity contribution < 1.29 is 9.53 Å². The zero-order valence-electron chi connectivity index (χ0n) is 11.5. The number of thiocarbonyl (C=S) groups is 1. The molecule has 0 saturated carbocycles. The number of hydrogen-bond acceptors (Lipinski definition) is 3. The van der Waals surface area contributed by atoms with Crippen LogP contribution in [0.25, 0.3) is 0 Å². The van der Waals surface area contributed by atoms with E-state index in [-0.39, 0.29) is 11.9 Å². The number of benzene rings is 2. The molecule has 1 unspecified atom stereocenters. The first kappa shape index (κ1) is 14.4. The fraction of sp³-hybridized carbons (Fsp3) is 0.176. The predicted molar refractivity (Wildman–Crippen MR) is 84.1 cm³/mol. The maximum atomic E-state index is 11.6. The van der Waals surface area contributed by atoms with Crippen LogP contribution in [0.4, 0.5) is 0 Å². The molecule has 2 nitrogen and oxygen atoms in total. The molecule has 0 amide bonds. The van der Waals surface area contributed by atoms with Gasteiger partial charge >= 0.3 is 5.97 Å². The highest BCUT2D eigenvalue weighted by atomic mass is 32.1. The summed E-state index contributed by atoms with van der Waals surface area (Å²) >= 11 is 5.51. The third-order valence-corrected chi connectivity index (χ3v) is 3.71. The van der Waals surface area contributed by atoms with Crippen LogP contribution in [0.15, 0.2) is 54.6 Å². The molecular formula is C17H16O2S. The van der Waals surface area contributed by atoms with Gasteiger partial charge in [0.05, 0.1) is 17.9 Å². The third kappa shape index (κ3) is 3.11. The Kier molecular flexibility index (Phi) is 4.64. The molecule has 102 valence electrons. The topological polar surface area (TPSA) is 26.3 Å². The molecule has 0 bridgehead atoms. The number of carbonyl (C=O) groups is 1. The van der Waals surface area contributed by atoms with Gasteiger partial charge < -0.3 is 4.74 Å². The molecule has 0 aliphatic carbocycles. The standard InChI is InChI=1S/C17H16O2S/c1-12(17(18)19-2)14-9-6-10-15(11-14)16(20)13-7-4-3-5-8-13/h3-12H,1-2H3. The first-order valence-corrected chi connectivity index (χ1v) is 6.82. The molecule has 2 aromatic carbocycles. The van der Waals surface area contributed by atoms with Crippen LogP contribution in [0.3, 0.4) is 0 Å². The largest absolute Gasteiger partial charge is 0.469 e. The lowest BCUT2D eigenvalue weighted by Crippen LogP contribution is -2.11. The van der Waals surface area contributed by atoms with Gasteiger partial charge in [-0.25, -0.2) is 0 Å². The molecule has 0 N–H and O–H groups in total. The fourth-order valence-electron chi connectivity index (χ4n) is 2.02. The summed E-state index contributed by atoms with van der Waals surface area (Å²) in [6.07, 6.45) is 0. The molecule has 2 rings (SSSR count). The van der Waals surface area contributed by atoms with Crippen molar-refractivity contribution in [2.45, 2.75) is 12.8 Å². The summed E-state index contributed by atoms with van der Waals surface area (Å²) in [5.74, 6) is -0.536. The molecule has 0 saturated heterocycles. The fourth-order valence-corrected chi connectivity index (χ4v) is 2.28. The summed E-state index contributed by atoms with van der Waals surface area (Å²) in [6, 6.07) is 17.6. The molecule has 0 aliphatic heterocycles. The van der Waals surface area contributed by atoms with Crippen molar-refractivity contribution in [2.75, 3.05) is 7.11 Å². The van der Waals surface area contributed by atoms with Crippen LogP contribution in [-0.4, -0.2) is 17.9 Å². The van der Waals surface area contributed by atoms with Crippen LogP contribution in [0.1, 0.15) is 29.5 Å². The highest BCUT2D eigenvalue weighted by Gasteiger charge is 2.16. The number of ether oxygens (including phenoxy) is 1. The predicted octanol–water partition coefficient (Wildman–Crippen LogP) is 3.73. The number of esters is 1. The van der Waals surface area contributed by atoms with Gasteiger partial charge in [0.25, 0.3) is 0 Å². The lowest BCUT2D eigenvalue weighted by molar-refractivity contribution is -0.141. The van der Waals surface area contributed by atoms with Crippen molar-refractivity contribution in [2.24, 2.45) is 0 Å². The van der Waals surface area contributed by atoms with Gasteiger partial charge in [-0.15, -0.1) is 0 Å². The second-order valence-electron chi connectivity index (χ2n) is 4.57. The Hall–Kier alpha value is -2.00. The van der Waals surface area contributed by atoms with E-state index in [1.54, 1.807) is 0 Å². The van der Waals surface area contributed by atoms with Crippen LogP contribution in [0, 0.1) is 0 Å². The Labute approximate surface area is 124 Å². The second-order valence-corrected chi connectivity index (χ2v) is 4.97. The molecule has 0 heterocycles. The van der Waals surface area contributed by atoms with E-state index in [0.29, 0.717) is 0 Å². The van der Waals surface area contributed by atoms with Gasteiger partial charge in [-0.1, -0.05) is 60.7 Å².